The summed E-state index contributed by atoms with van der Waals surface area (Å²) in [5.74, 6) is 1.40. The molecular formula is C19H38N2O2. The van der Waals surface area contributed by atoms with E-state index in [1.165, 1.54) is 19.3 Å². The SMILES string of the molecule is CCC(C)CC(CC)NCCC1CCN(C(=O)OC(C)(C)C)C1. The summed E-state index contributed by atoms with van der Waals surface area (Å²) in [7, 11) is 0. The molecular weight excluding hydrogens is 288 g/mol. The van der Waals surface area contributed by atoms with Crippen molar-refractivity contribution in [1.29, 1.82) is 0 Å². The molecule has 0 aliphatic carbocycles. The highest BCUT2D eigenvalue weighted by molar-refractivity contribution is 5.68. The Kier molecular flexibility index (Phi) is 8.38. The van der Waals surface area contributed by atoms with Gasteiger partial charge in [-0.25, -0.2) is 4.79 Å². The Balaban J connectivity index is 2.26. The molecule has 1 heterocycles. The van der Waals surface area contributed by atoms with E-state index in [1.807, 2.05) is 25.7 Å². The Bertz CT molecular complexity index is 352. The van der Waals surface area contributed by atoms with E-state index in [2.05, 4.69) is 26.1 Å². The number of hydrogen-bond donors (Lipinski definition) is 1. The van der Waals surface area contributed by atoms with Gasteiger partial charge in [0.1, 0.15) is 5.60 Å². The summed E-state index contributed by atoms with van der Waals surface area (Å²) in [5, 5.41) is 3.71. The molecule has 0 aromatic rings. The Morgan fingerprint density at radius 2 is 2.00 bits per heavy atom. The van der Waals surface area contributed by atoms with Gasteiger partial charge in [-0.15, -0.1) is 0 Å². The predicted octanol–water partition coefficient (Wildman–Crippen LogP) is 4.44. The molecule has 1 amide bonds. The molecule has 0 saturated carbocycles. The lowest BCUT2D eigenvalue weighted by molar-refractivity contribution is 0.0287. The molecule has 1 N–H and O–H groups in total. The largest absolute Gasteiger partial charge is 0.444 e. The summed E-state index contributed by atoms with van der Waals surface area (Å²) in [5.41, 5.74) is -0.402. The average Bonchev–Trinajstić information content (AvgIpc) is 2.93. The van der Waals surface area contributed by atoms with Gasteiger partial charge in [0.25, 0.3) is 0 Å². The Morgan fingerprint density at radius 1 is 1.30 bits per heavy atom. The number of carbonyl (C=O) groups is 1. The van der Waals surface area contributed by atoms with Crippen LogP contribution in [0.3, 0.4) is 0 Å². The first kappa shape index (κ1) is 20.3. The number of carbonyl (C=O) groups excluding carboxylic acids is 1. The van der Waals surface area contributed by atoms with E-state index < -0.39 is 5.60 Å². The number of likely N-dealkylation sites (tertiary alicyclic amines) is 1. The van der Waals surface area contributed by atoms with Crippen molar-refractivity contribution in [3.05, 3.63) is 0 Å². The van der Waals surface area contributed by atoms with E-state index in [0.29, 0.717) is 12.0 Å². The van der Waals surface area contributed by atoms with Crippen molar-refractivity contribution >= 4 is 6.09 Å². The van der Waals surface area contributed by atoms with Crippen molar-refractivity contribution in [3.8, 4) is 0 Å². The van der Waals surface area contributed by atoms with Gasteiger partial charge < -0.3 is 15.0 Å². The van der Waals surface area contributed by atoms with Crippen LogP contribution in [0, 0.1) is 11.8 Å². The molecule has 0 spiro atoms. The number of hydrogen-bond acceptors (Lipinski definition) is 3. The summed E-state index contributed by atoms with van der Waals surface area (Å²) >= 11 is 0. The van der Waals surface area contributed by atoms with E-state index in [-0.39, 0.29) is 6.09 Å². The zero-order valence-electron chi connectivity index (χ0n) is 16.2. The van der Waals surface area contributed by atoms with Crippen molar-refractivity contribution in [3.63, 3.8) is 0 Å². The Morgan fingerprint density at radius 3 is 2.57 bits per heavy atom. The molecule has 1 rings (SSSR count). The first-order valence-electron chi connectivity index (χ1n) is 9.46. The highest BCUT2D eigenvalue weighted by Crippen LogP contribution is 2.22. The molecule has 4 nitrogen and oxygen atoms in total. The third kappa shape index (κ3) is 8.05. The summed E-state index contributed by atoms with van der Waals surface area (Å²) < 4.78 is 5.46. The maximum absolute atomic E-state index is 12.1. The molecule has 1 aliphatic heterocycles. The number of amides is 1. The minimum atomic E-state index is -0.402. The van der Waals surface area contributed by atoms with Crippen LogP contribution in [0.1, 0.15) is 73.6 Å². The molecule has 0 aromatic carbocycles. The van der Waals surface area contributed by atoms with Gasteiger partial charge >= 0.3 is 6.09 Å². The van der Waals surface area contributed by atoms with Crippen LogP contribution in [0.25, 0.3) is 0 Å². The third-order valence-corrected chi connectivity index (χ3v) is 4.80. The van der Waals surface area contributed by atoms with Crippen LogP contribution < -0.4 is 5.32 Å². The van der Waals surface area contributed by atoms with Gasteiger partial charge in [0.05, 0.1) is 0 Å². The fraction of sp³-hybridized carbons (Fsp3) is 0.947. The van der Waals surface area contributed by atoms with E-state index in [9.17, 15) is 4.79 Å². The van der Waals surface area contributed by atoms with Gasteiger partial charge in [-0.1, -0.05) is 27.2 Å². The highest BCUT2D eigenvalue weighted by atomic mass is 16.6. The minimum absolute atomic E-state index is 0.156. The molecule has 3 atom stereocenters. The fourth-order valence-electron chi connectivity index (χ4n) is 3.10. The van der Waals surface area contributed by atoms with Gasteiger partial charge in [-0.3, -0.25) is 0 Å². The lowest BCUT2D eigenvalue weighted by atomic mass is 9.97. The van der Waals surface area contributed by atoms with Gasteiger partial charge in [-0.2, -0.15) is 0 Å². The monoisotopic (exact) mass is 326 g/mol. The molecule has 0 bridgehead atoms. The molecule has 3 unspecified atom stereocenters. The smallest absolute Gasteiger partial charge is 0.410 e. The van der Waals surface area contributed by atoms with Crippen LogP contribution in [0.15, 0.2) is 0 Å². The molecule has 136 valence electrons. The van der Waals surface area contributed by atoms with Gasteiger partial charge in [0.15, 0.2) is 0 Å². The van der Waals surface area contributed by atoms with Crippen molar-refractivity contribution in [2.75, 3.05) is 19.6 Å². The zero-order chi connectivity index (χ0) is 17.5. The van der Waals surface area contributed by atoms with E-state index in [0.717, 1.165) is 38.4 Å². The van der Waals surface area contributed by atoms with Crippen molar-refractivity contribution in [1.82, 2.24) is 10.2 Å². The molecule has 23 heavy (non-hydrogen) atoms. The van der Waals surface area contributed by atoms with Crippen LogP contribution in [-0.4, -0.2) is 42.3 Å². The standard InChI is InChI=1S/C19H38N2O2/c1-7-15(3)13-17(8-2)20-11-9-16-10-12-21(14-16)18(22)23-19(4,5)6/h15-17,20H,7-14H2,1-6H3. The second-order valence-electron chi connectivity index (χ2n) is 8.18. The quantitative estimate of drug-likeness (QED) is 0.717. The summed E-state index contributed by atoms with van der Waals surface area (Å²) in [6.45, 7) is 15.4. The van der Waals surface area contributed by atoms with Crippen molar-refractivity contribution in [2.24, 2.45) is 11.8 Å². The molecule has 1 aliphatic rings. The van der Waals surface area contributed by atoms with Crippen LogP contribution in [0.2, 0.25) is 0 Å². The van der Waals surface area contributed by atoms with Crippen LogP contribution in [0.4, 0.5) is 4.79 Å². The van der Waals surface area contributed by atoms with E-state index in [4.69, 9.17) is 4.74 Å². The maximum Gasteiger partial charge on any atom is 0.410 e. The normalized spacial score (nSPS) is 21.3. The number of ether oxygens (including phenoxy) is 1. The first-order chi connectivity index (χ1) is 10.7. The predicted molar refractivity (Wildman–Crippen MR) is 96.7 cm³/mol. The molecule has 0 radical (unpaired) electrons. The number of nitrogens with one attached hydrogen (secondary N) is 1. The number of rotatable bonds is 8. The fourth-order valence-corrected chi connectivity index (χ4v) is 3.10. The second kappa shape index (κ2) is 9.51. The number of nitrogens with zero attached hydrogens (tertiary/aromatic N) is 1. The zero-order valence-corrected chi connectivity index (χ0v) is 16.2. The van der Waals surface area contributed by atoms with Gasteiger partial charge in [-0.05, 0) is 64.8 Å². The average molecular weight is 327 g/mol. The van der Waals surface area contributed by atoms with Gasteiger partial charge in [0.2, 0.25) is 0 Å². The Hall–Kier alpha value is -0.770. The molecule has 4 heteroatoms. The summed E-state index contributed by atoms with van der Waals surface area (Å²) in [6.07, 6.45) is 5.81. The molecule has 1 saturated heterocycles. The highest BCUT2D eigenvalue weighted by Gasteiger charge is 2.29. The van der Waals surface area contributed by atoms with Crippen LogP contribution in [0.5, 0.6) is 0 Å². The van der Waals surface area contributed by atoms with Crippen LogP contribution >= 0.6 is 0 Å². The third-order valence-electron chi connectivity index (χ3n) is 4.80. The van der Waals surface area contributed by atoms with E-state index >= 15 is 0 Å². The van der Waals surface area contributed by atoms with E-state index in [1.54, 1.807) is 0 Å². The lowest BCUT2D eigenvalue weighted by Gasteiger charge is -2.24. The maximum atomic E-state index is 12.1. The van der Waals surface area contributed by atoms with Crippen LogP contribution in [-0.2, 0) is 4.74 Å². The molecule has 0 aromatic heterocycles. The summed E-state index contributed by atoms with van der Waals surface area (Å²) in [6, 6.07) is 0.633. The van der Waals surface area contributed by atoms with Crippen molar-refractivity contribution in [2.45, 2.75) is 85.3 Å². The second-order valence-corrected chi connectivity index (χ2v) is 8.18. The molecule has 1 fully saturated rings. The summed E-state index contributed by atoms with van der Waals surface area (Å²) in [4.78, 5) is 13.9. The van der Waals surface area contributed by atoms with Gasteiger partial charge in [0, 0.05) is 19.1 Å². The first-order valence-corrected chi connectivity index (χ1v) is 9.46. The lowest BCUT2D eigenvalue weighted by Crippen LogP contribution is -2.36. The van der Waals surface area contributed by atoms with Crippen molar-refractivity contribution < 1.29 is 9.53 Å². The minimum Gasteiger partial charge on any atom is -0.444 e. The topological polar surface area (TPSA) is 41.6 Å². The Labute approximate surface area is 143 Å².